The van der Waals surface area contributed by atoms with Gasteiger partial charge < -0.3 is 0 Å². The molecule has 1 heterocycles. The van der Waals surface area contributed by atoms with Gasteiger partial charge in [0.1, 0.15) is 0 Å². The summed E-state index contributed by atoms with van der Waals surface area (Å²) in [7, 11) is 0. The maximum Gasteiger partial charge on any atom is 0.0379 e. The molecule has 1 aliphatic heterocycles. The zero-order chi connectivity index (χ0) is 11.5. The van der Waals surface area contributed by atoms with Crippen LogP contribution in [0.3, 0.4) is 0 Å². The van der Waals surface area contributed by atoms with E-state index in [0.717, 1.165) is 12.4 Å². The SMILES string of the molecule is Cc1cc(C)cc(CN2CCCC2CCl)c1. The third-order valence-corrected chi connectivity index (χ3v) is 3.70. The molecule has 16 heavy (non-hydrogen) atoms. The summed E-state index contributed by atoms with van der Waals surface area (Å²) in [6.45, 7) is 6.59. The molecule has 0 aromatic heterocycles. The molecule has 1 atom stereocenters. The first-order valence-corrected chi connectivity index (χ1v) is 6.59. The Bertz CT molecular complexity index is 342. The van der Waals surface area contributed by atoms with Gasteiger partial charge in [-0.2, -0.15) is 0 Å². The highest BCUT2D eigenvalue weighted by atomic mass is 35.5. The first-order chi connectivity index (χ1) is 7.69. The fraction of sp³-hybridized carbons (Fsp3) is 0.571. The van der Waals surface area contributed by atoms with Crippen LogP contribution in [0.5, 0.6) is 0 Å². The lowest BCUT2D eigenvalue weighted by atomic mass is 10.1. The molecular formula is C14H20ClN. The highest BCUT2D eigenvalue weighted by Crippen LogP contribution is 2.21. The van der Waals surface area contributed by atoms with E-state index in [0.29, 0.717) is 6.04 Å². The molecule has 1 unspecified atom stereocenters. The molecule has 1 saturated heterocycles. The van der Waals surface area contributed by atoms with Crippen molar-refractivity contribution in [3.05, 3.63) is 34.9 Å². The Morgan fingerprint density at radius 1 is 1.25 bits per heavy atom. The second kappa shape index (κ2) is 5.20. The first kappa shape index (κ1) is 11.9. The van der Waals surface area contributed by atoms with E-state index in [1.54, 1.807) is 0 Å². The summed E-state index contributed by atoms with van der Waals surface area (Å²) in [5.41, 5.74) is 4.14. The predicted octanol–water partition coefficient (Wildman–Crippen LogP) is 3.51. The van der Waals surface area contributed by atoms with Crippen molar-refractivity contribution in [1.29, 1.82) is 0 Å². The Kier molecular flexibility index (Phi) is 3.88. The van der Waals surface area contributed by atoms with E-state index in [1.165, 1.54) is 36.1 Å². The van der Waals surface area contributed by atoms with Crippen molar-refractivity contribution < 1.29 is 0 Å². The molecule has 1 fully saturated rings. The molecule has 88 valence electrons. The Labute approximate surface area is 103 Å². The molecule has 0 amide bonds. The zero-order valence-electron chi connectivity index (χ0n) is 10.2. The number of alkyl halides is 1. The highest BCUT2D eigenvalue weighted by molar-refractivity contribution is 6.18. The van der Waals surface area contributed by atoms with Gasteiger partial charge in [-0.3, -0.25) is 4.90 Å². The topological polar surface area (TPSA) is 3.24 Å². The molecule has 0 N–H and O–H groups in total. The third kappa shape index (κ3) is 2.78. The van der Waals surface area contributed by atoms with Crippen LogP contribution in [0.15, 0.2) is 18.2 Å². The molecule has 2 heteroatoms. The highest BCUT2D eigenvalue weighted by Gasteiger charge is 2.23. The first-order valence-electron chi connectivity index (χ1n) is 6.06. The molecule has 1 aromatic rings. The Balaban J connectivity index is 2.08. The molecule has 0 spiro atoms. The summed E-state index contributed by atoms with van der Waals surface area (Å²) in [4.78, 5) is 2.52. The summed E-state index contributed by atoms with van der Waals surface area (Å²) in [6.07, 6.45) is 2.55. The monoisotopic (exact) mass is 237 g/mol. The minimum atomic E-state index is 0.586. The fourth-order valence-electron chi connectivity index (χ4n) is 2.67. The largest absolute Gasteiger partial charge is 0.295 e. The van der Waals surface area contributed by atoms with Crippen molar-refractivity contribution in [2.24, 2.45) is 0 Å². The van der Waals surface area contributed by atoms with Gasteiger partial charge in [-0.15, -0.1) is 11.6 Å². The van der Waals surface area contributed by atoms with E-state index in [9.17, 15) is 0 Å². The summed E-state index contributed by atoms with van der Waals surface area (Å²) < 4.78 is 0. The lowest BCUT2D eigenvalue weighted by Crippen LogP contribution is -2.30. The van der Waals surface area contributed by atoms with Crippen molar-refractivity contribution in [3.63, 3.8) is 0 Å². The molecule has 1 nitrogen and oxygen atoms in total. The number of rotatable bonds is 3. The summed E-state index contributed by atoms with van der Waals surface area (Å²) in [5.74, 6) is 0.769. The van der Waals surface area contributed by atoms with Gasteiger partial charge in [-0.25, -0.2) is 0 Å². The van der Waals surface area contributed by atoms with Crippen LogP contribution in [-0.2, 0) is 6.54 Å². The quantitative estimate of drug-likeness (QED) is 0.728. The molecular weight excluding hydrogens is 218 g/mol. The maximum absolute atomic E-state index is 5.99. The van der Waals surface area contributed by atoms with Crippen LogP contribution in [0.2, 0.25) is 0 Å². The van der Waals surface area contributed by atoms with Crippen molar-refractivity contribution in [1.82, 2.24) is 4.90 Å². The number of hydrogen-bond acceptors (Lipinski definition) is 1. The van der Waals surface area contributed by atoms with Crippen LogP contribution in [0.1, 0.15) is 29.5 Å². The van der Waals surface area contributed by atoms with Crippen LogP contribution in [0.25, 0.3) is 0 Å². The number of aryl methyl sites for hydroxylation is 2. The fourth-order valence-corrected chi connectivity index (χ4v) is 3.02. The summed E-state index contributed by atoms with van der Waals surface area (Å²) in [5, 5.41) is 0. The predicted molar refractivity (Wildman–Crippen MR) is 70.1 cm³/mol. The van der Waals surface area contributed by atoms with E-state index >= 15 is 0 Å². The summed E-state index contributed by atoms with van der Waals surface area (Å²) in [6, 6.07) is 7.39. The van der Waals surface area contributed by atoms with Crippen molar-refractivity contribution in [3.8, 4) is 0 Å². The van der Waals surface area contributed by atoms with Gasteiger partial charge in [0, 0.05) is 18.5 Å². The second-order valence-electron chi connectivity index (χ2n) is 4.92. The van der Waals surface area contributed by atoms with Crippen LogP contribution < -0.4 is 0 Å². The number of halogens is 1. The lowest BCUT2D eigenvalue weighted by molar-refractivity contribution is 0.263. The third-order valence-electron chi connectivity index (χ3n) is 3.34. The van der Waals surface area contributed by atoms with Gasteiger partial charge in [0.25, 0.3) is 0 Å². The Hall–Kier alpha value is -0.530. The average Bonchev–Trinajstić information content (AvgIpc) is 2.63. The van der Waals surface area contributed by atoms with Gasteiger partial charge in [0.2, 0.25) is 0 Å². The van der Waals surface area contributed by atoms with E-state index in [2.05, 4.69) is 36.9 Å². The maximum atomic E-state index is 5.99. The smallest absolute Gasteiger partial charge is 0.0379 e. The average molecular weight is 238 g/mol. The summed E-state index contributed by atoms with van der Waals surface area (Å²) >= 11 is 5.99. The van der Waals surface area contributed by atoms with Gasteiger partial charge >= 0.3 is 0 Å². The van der Waals surface area contributed by atoms with E-state index in [1.807, 2.05) is 0 Å². The van der Waals surface area contributed by atoms with Crippen molar-refractivity contribution >= 4 is 11.6 Å². The second-order valence-corrected chi connectivity index (χ2v) is 5.23. The van der Waals surface area contributed by atoms with E-state index in [-0.39, 0.29) is 0 Å². The molecule has 0 aliphatic carbocycles. The van der Waals surface area contributed by atoms with E-state index < -0.39 is 0 Å². The number of likely N-dealkylation sites (tertiary alicyclic amines) is 1. The van der Waals surface area contributed by atoms with Crippen molar-refractivity contribution in [2.75, 3.05) is 12.4 Å². The molecule has 0 bridgehead atoms. The number of benzene rings is 1. The molecule has 0 saturated carbocycles. The molecule has 1 aliphatic rings. The Morgan fingerprint density at radius 3 is 2.56 bits per heavy atom. The lowest BCUT2D eigenvalue weighted by Gasteiger charge is -2.22. The zero-order valence-corrected chi connectivity index (χ0v) is 10.9. The van der Waals surface area contributed by atoms with Gasteiger partial charge in [0.15, 0.2) is 0 Å². The van der Waals surface area contributed by atoms with Gasteiger partial charge in [-0.05, 0) is 38.8 Å². The minimum absolute atomic E-state index is 0.586. The number of hydrogen-bond donors (Lipinski definition) is 0. The molecule has 0 radical (unpaired) electrons. The van der Waals surface area contributed by atoms with Gasteiger partial charge in [-0.1, -0.05) is 29.3 Å². The van der Waals surface area contributed by atoms with Crippen LogP contribution in [-0.4, -0.2) is 23.4 Å². The standard InChI is InChI=1S/C14H20ClN/c1-11-6-12(2)8-13(7-11)10-16-5-3-4-14(16)9-15/h6-8,14H,3-5,9-10H2,1-2H3. The molecule has 2 rings (SSSR count). The normalized spacial score (nSPS) is 21.6. The van der Waals surface area contributed by atoms with Crippen LogP contribution in [0, 0.1) is 13.8 Å². The minimum Gasteiger partial charge on any atom is -0.295 e. The van der Waals surface area contributed by atoms with E-state index in [4.69, 9.17) is 11.6 Å². The van der Waals surface area contributed by atoms with Gasteiger partial charge in [0.05, 0.1) is 0 Å². The Morgan fingerprint density at radius 2 is 1.94 bits per heavy atom. The molecule has 1 aromatic carbocycles. The number of nitrogens with zero attached hydrogens (tertiary/aromatic N) is 1. The van der Waals surface area contributed by atoms with Crippen LogP contribution >= 0.6 is 11.6 Å². The van der Waals surface area contributed by atoms with Crippen LogP contribution in [0.4, 0.5) is 0 Å². The van der Waals surface area contributed by atoms with Crippen molar-refractivity contribution in [2.45, 2.75) is 39.3 Å².